The van der Waals surface area contributed by atoms with Crippen molar-refractivity contribution >= 4 is 11.3 Å². The smallest absolute Gasteiger partial charge is 0.269 e. The van der Waals surface area contributed by atoms with E-state index >= 15 is 0 Å². The van der Waals surface area contributed by atoms with E-state index in [4.69, 9.17) is 10.3 Å². The number of hydrogen-bond acceptors (Lipinski definition) is 6. The summed E-state index contributed by atoms with van der Waals surface area (Å²) in [6.45, 7) is 3.90. The molecule has 0 spiro atoms. The molecule has 0 aromatic carbocycles. The molecule has 2 aromatic rings. The van der Waals surface area contributed by atoms with E-state index in [1.165, 1.54) is 11.3 Å². The Kier molecular flexibility index (Phi) is 2.79. The zero-order valence-electron chi connectivity index (χ0n) is 8.60. The molecule has 0 amide bonds. The highest BCUT2D eigenvalue weighted by Crippen LogP contribution is 2.26. The Hall–Kier alpha value is -1.27. The fourth-order valence-electron chi connectivity index (χ4n) is 1.17. The minimum atomic E-state index is -0.157. The summed E-state index contributed by atoms with van der Waals surface area (Å²) in [7, 11) is 0. The van der Waals surface area contributed by atoms with Gasteiger partial charge in [-0.2, -0.15) is 4.98 Å². The highest BCUT2D eigenvalue weighted by atomic mass is 32.1. The standard InChI is InChI=1S/C9H12N4OS/c1-3-6(10)8-12-9(14-13-8)7-5(2)11-4-15-7/h4,6H,3,10H2,1-2H3. The summed E-state index contributed by atoms with van der Waals surface area (Å²) < 4.78 is 5.14. The lowest BCUT2D eigenvalue weighted by atomic mass is 10.2. The quantitative estimate of drug-likeness (QED) is 0.861. The van der Waals surface area contributed by atoms with Gasteiger partial charge in [-0.3, -0.25) is 0 Å². The van der Waals surface area contributed by atoms with E-state index in [-0.39, 0.29) is 6.04 Å². The summed E-state index contributed by atoms with van der Waals surface area (Å²) in [4.78, 5) is 9.29. The second kappa shape index (κ2) is 4.08. The highest BCUT2D eigenvalue weighted by molar-refractivity contribution is 7.13. The first-order chi connectivity index (χ1) is 7.22. The van der Waals surface area contributed by atoms with Crippen molar-refractivity contribution in [3.8, 4) is 10.8 Å². The fraction of sp³-hybridized carbons (Fsp3) is 0.444. The zero-order valence-corrected chi connectivity index (χ0v) is 9.41. The second-order valence-corrected chi connectivity index (χ2v) is 4.09. The SMILES string of the molecule is CCC(N)c1noc(-c2scnc2C)n1. The van der Waals surface area contributed by atoms with E-state index in [1.54, 1.807) is 5.51 Å². The Morgan fingerprint density at radius 3 is 3.00 bits per heavy atom. The first-order valence-electron chi connectivity index (χ1n) is 4.72. The molecule has 80 valence electrons. The van der Waals surface area contributed by atoms with Gasteiger partial charge < -0.3 is 10.3 Å². The largest absolute Gasteiger partial charge is 0.333 e. The number of nitrogens with two attached hydrogens (primary N) is 1. The molecule has 15 heavy (non-hydrogen) atoms. The van der Waals surface area contributed by atoms with Crippen LogP contribution in [-0.2, 0) is 0 Å². The average Bonchev–Trinajstić information content (AvgIpc) is 2.84. The molecule has 0 saturated carbocycles. The Morgan fingerprint density at radius 2 is 2.40 bits per heavy atom. The van der Waals surface area contributed by atoms with Gasteiger partial charge in [-0.25, -0.2) is 4.98 Å². The Bertz CT molecular complexity index is 450. The third kappa shape index (κ3) is 1.91. The van der Waals surface area contributed by atoms with Gasteiger partial charge in [-0.05, 0) is 13.3 Å². The minimum absolute atomic E-state index is 0.157. The minimum Gasteiger partial charge on any atom is -0.333 e. The van der Waals surface area contributed by atoms with Crippen molar-refractivity contribution in [1.29, 1.82) is 0 Å². The van der Waals surface area contributed by atoms with E-state index < -0.39 is 0 Å². The van der Waals surface area contributed by atoms with Crippen molar-refractivity contribution < 1.29 is 4.52 Å². The van der Waals surface area contributed by atoms with Crippen molar-refractivity contribution in [1.82, 2.24) is 15.1 Å². The van der Waals surface area contributed by atoms with Gasteiger partial charge >= 0.3 is 0 Å². The predicted octanol–water partition coefficient (Wildman–Crippen LogP) is 1.91. The predicted molar refractivity (Wildman–Crippen MR) is 57.4 cm³/mol. The monoisotopic (exact) mass is 224 g/mol. The molecule has 0 aliphatic carbocycles. The number of aryl methyl sites for hydroxylation is 1. The Labute approximate surface area is 91.3 Å². The summed E-state index contributed by atoms with van der Waals surface area (Å²) in [5.74, 6) is 1.06. The maximum absolute atomic E-state index is 5.80. The Balaban J connectivity index is 2.32. The molecule has 0 bridgehead atoms. The normalized spacial score (nSPS) is 13.0. The summed E-state index contributed by atoms with van der Waals surface area (Å²) in [5, 5.41) is 3.85. The average molecular weight is 224 g/mol. The van der Waals surface area contributed by atoms with Crippen LogP contribution in [0.3, 0.4) is 0 Å². The third-order valence-electron chi connectivity index (χ3n) is 2.15. The van der Waals surface area contributed by atoms with Gasteiger partial charge in [-0.1, -0.05) is 12.1 Å². The summed E-state index contributed by atoms with van der Waals surface area (Å²) in [6.07, 6.45) is 0.792. The van der Waals surface area contributed by atoms with Gasteiger partial charge in [-0.15, -0.1) is 11.3 Å². The first kappa shape index (κ1) is 10.3. The van der Waals surface area contributed by atoms with Crippen molar-refractivity contribution in [2.24, 2.45) is 5.73 Å². The number of nitrogens with zero attached hydrogens (tertiary/aromatic N) is 3. The number of aromatic nitrogens is 3. The maximum Gasteiger partial charge on any atom is 0.269 e. The van der Waals surface area contributed by atoms with Crippen LogP contribution in [0.2, 0.25) is 0 Å². The van der Waals surface area contributed by atoms with Crippen LogP contribution in [-0.4, -0.2) is 15.1 Å². The van der Waals surface area contributed by atoms with E-state index in [0.29, 0.717) is 11.7 Å². The molecule has 2 heterocycles. The van der Waals surface area contributed by atoms with E-state index in [9.17, 15) is 0 Å². The molecule has 2 rings (SSSR count). The van der Waals surface area contributed by atoms with Crippen LogP contribution < -0.4 is 5.73 Å². The summed E-state index contributed by atoms with van der Waals surface area (Å²) in [5.41, 5.74) is 8.46. The fourth-order valence-corrected chi connectivity index (χ4v) is 1.89. The molecule has 0 radical (unpaired) electrons. The molecule has 0 fully saturated rings. The summed E-state index contributed by atoms with van der Waals surface area (Å²) >= 11 is 1.49. The molecule has 2 N–H and O–H groups in total. The molecular formula is C9H12N4OS. The van der Waals surface area contributed by atoms with Gasteiger partial charge in [0.25, 0.3) is 5.89 Å². The second-order valence-electron chi connectivity index (χ2n) is 3.24. The van der Waals surface area contributed by atoms with Crippen LogP contribution in [0.25, 0.3) is 10.8 Å². The van der Waals surface area contributed by atoms with E-state index in [2.05, 4.69) is 15.1 Å². The van der Waals surface area contributed by atoms with Gasteiger partial charge in [0, 0.05) is 0 Å². The van der Waals surface area contributed by atoms with Crippen LogP contribution in [0.4, 0.5) is 0 Å². The third-order valence-corrected chi connectivity index (χ3v) is 3.07. The molecule has 0 aliphatic heterocycles. The molecule has 5 nitrogen and oxygen atoms in total. The van der Waals surface area contributed by atoms with Gasteiger partial charge in [0.1, 0.15) is 4.88 Å². The zero-order chi connectivity index (χ0) is 10.8. The topological polar surface area (TPSA) is 77.8 Å². The van der Waals surface area contributed by atoms with Gasteiger partial charge in [0.15, 0.2) is 5.82 Å². The molecule has 1 atom stereocenters. The molecule has 0 aliphatic rings. The molecule has 0 saturated heterocycles. The van der Waals surface area contributed by atoms with E-state index in [1.807, 2.05) is 13.8 Å². The number of thiazole rings is 1. The van der Waals surface area contributed by atoms with Crippen LogP contribution in [0, 0.1) is 6.92 Å². The van der Waals surface area contributed by atoms with Gasteiger partial charge in [0.05, 0.1) is 17.2 Å². The lowest BCUT2D eigenvalue weighted by Crippen LogP contribution is -2.10. The van der Waals surface area contributed by atoms with Crippen LogP contribution >= 0.6 is 11.3 Å². The lowest BCUT2D eigenvalue weighted by molar-refractivity contribution is 0.415. The molecular weight excluding hydrogens is 212 g/mol. The highest BCUT2D eigenvalue weighted by Gasteiger charge is 2.16. The molecule has 2 aromatic heterocycles. The molecule has 1 unspecified atom stereocenters. The van der Waals surface area contributed by atoms with Crippen molar-refractivity contribution in [3.63, 3.8) is 0 Å². The van der Waals surface area contributed by atoms with Crippen LogP contribution in [0.15, 0.2) is 10.0 Å². The van der Waals surface area contributed by atoms with Gasteiger partial charge in [0.2, 0.25) is 0 Å². The first-order valence-corrected chi connectivity index (χ1v) is 5.60. The Morgan fingerprint density at radius 1 is 1.60 bits per heavy atom. The lowest BCUT2D eigenvalue weighted by Gasteiger charge is -1.99. The maximum atomic E-state index is 5.80. The van der Waals surface area contributed by atoms with Crippen LogP contribution in [0.1, 0.15) is 30.9 Å². The number of rotatable bonds is 3. The van der Waals surface area contributed by atoms with E-state index in [0.717, 1.165) is 17.0 Å². The summed E-state index contributed by atoms with van der Waals surface area (Å²) in [6, 6.07) is -0.157. The van der Waals surface area contributed by atoms with Crippen LogP contribution in [0.5, 0.6) is 0 Å². The van der Waals surface area contributed by atoms with Crippen molar-refractivity contribution in [2.75, 3.05) is 0 Å². The van der Waals surface area contributed by atoms with Crippen molar-refractivity contribution in [2.45, 2.75) is 26.3 Å². The number of hydrogen-bond donors (Lipinski definition) is 1. The van der Waals surface area contributed by atoms with Crippen molar-refractivity contribution in [3.05, 3.63) is 17.0 Å². The molecule has 6 heteroatoms.